The molecule has 0 atom stereocenters. The van der Waals surface area contributed by atoms with Gasteiger partial charge in [0.05, 0.1) is 0 Å². The molecule has 0 bridgehead atoms. The highest BCUT2D eigenvalue weighted by Gasteiger charge is 2.11. The maximum absolute atomic E-state index is 12.2. The number of hydrogen-bond donors (Lipinski definition) is 2. The Labute approximate surface area is 159 Å². The van der Waals surface area contributed by atoms with Gasteiger partial charge in [-0.2, -0.15) is 9.66 Å². The highest BCUT2D eigenvalue weighted by Crippen LogP contribution is 2.19. The number of nitrogens with one attached hydrogen (secondary N) is 2. The van der Waals surface area contributed by atoms with E-state index in [1.807, 2.05) is 13.0 Å². The topological polar surface area (TPSA) is 102 Å². The Kier molecular flexibility index (Phi) is 4.36. The molecule has 140 valence electrons. The molecular weight excluding hydrogens is 358 g/mol. The lowest BCUT2D eigenvalue weighted by Crippen LogP contribution is -2.23. The first kappa shape index (κ1) is 17.5. The summed E-state index contributed by atoms with van der Waals surface area (Å²) in [5, 5.41) is 3.08. The average Bonchev–Trinajstić information content (AvgIpc) is 3.00. The molecule has 0 aliphatic carbocycles. The number of aromatic nitrogens is 3. The number of ketones is 1. The lowest BCUT2D eigenvalue weighted by molar-refractivity contribution is 0.101. The van der Waals surface area contributed by atoms with Gasteiger partial charge in [0.1, 0.15) is 5.52 Å². The maximum atomic E-state index is 12.2. The number of oxazole rings is 1. The number of carbonyl (C=O) groups is 1. The fourth-order valence-electron chi connectivity index (χ4n) is 2.71. The third kappa shape index (κ3) is 3.35. The molecule has 4 aromatic rings. The molecule has 0 spiro atoms. The van der Waals surface area contributed by atoms with Crippen molar-refractivity contribution in [2.75, 3.05) is 10.7 Å². The molecule has 4 rings (SSSR count). The predicted octanol–water partition coefficient (Wildman–Crippen LogP) is 3.51. The maximum Gasteiger partial charge on any atom is 0.439 e. The number of hydrogen-bond acceptors (Lipinski definition) is 7. The molecule has 28 heavy (non-hydrogen) atoms. The monoisotopic (exact) mass is 375 g/mol. The summed E-state index contributed by atoms with van der Waals surface area (Å²) in [6, 6.07) is 14.1. The van der Waals surface area contributed by atoms with Gasteiger partial charge in [0.15, 0.2) is 17.2 Å². The number of aryl methyl sites for hydroxylation is 1. The Morgan fingerprint density at radius 2 is 1.86 bits per heavy atom. The van der Waals surface area contributed by atoms with Crippen LogP contribution in [0.25, 0.3) is 11.1 Å². The molecule has 8 heteroatoms. The smallest absolute Gasteiger partial charge is 0.406 e. The van der Waals surface area contributed by atoms with Gasteiger partial charge in [-0.3, -0.25) is 10.2 Å². The number of fused-ring (bicyclic) bond motifs is 1. The Balaban J connectivity index is 1.63. The van der Waals surface area contributed by atoms with Gasteiger partial charge >= 0.3 is 5.76 Å². The third-order valence-electron chi connectivity index (χ3n) is 4.22. The summed E-state index contributed by atoms with van der Waals surface area (Å²) < 4.78 is 6.53. The molecule has 0 saturated carbocycles. The molecule has 0 saturated heterocycles. The van der Waals surface area contributed by atoms with Crippen LogP contribution in [0, 0.1) is 6.92 Å². The standard InChI is InChI=1S/C20H17N5O3/c1-12-11-21-19(22-15-9-7-14(8-10-15)13(2)26)23-18(12)24-25-16-5-3-4-6-17(16)28-20(25)27/h3-11H,1-2H3,(H2,21,22,23,24). The van der Waals surface area contributed by atoms with Gasteiger partial charge in [-0.1, -0.05) is 12.1 Å². The Hall–Kier alpha value is -3.94. The zero-order valence-corrected chi connectivity index (χ0v) is 15.3. The van der Waals surface area contributed by atoms with E-state index in [1.54, 1.807) is 48.7 Å². The number of anilines is 3. The van der Waals surface area contributed by atoms with Crippen LogP contribution < -0.4 is 16.5 Å². The molecule has 2 heterocycles. The van der Waals surface area contributed by atoms with Gasteiger partial charge in [0.2, 0.25) is 5.95 Å². The van der Waals surface area contributed by atoms with Crippen LogP contribution in [0.2, 0.25) is 0 Å². The SMILES string of the molecule is CC(=O)c1ccc(Nc2ncc(C)c(Nn3c(=O)oc4ccccc43)n2)cc1. The van der Waals surface area contributed by atoms with Crippen LogP contribution >= 0.6 is 0 Å². The van der Waals surface area contributed by atoms with Gasteiger partial charge < -0.3 is 9.73 Å². The first-order chi connectivity index (χ1) is 13.5. The molecular formula is C20H17N5O3. The minimum atomic E-state index is -0.534. The van der Waals surface area contributed by atoms with Crippen molar-refractivity contribution in [3.63, 3.8) is 0 Å². The normalized spacial score (nSPS) is 10.8. The van der Waals surface area contributed by atoms with Crippen molar-refractivity contribution < 1.29 is 9.21 Å². The summed E-state index contributed by atoms with van der Waals surface area (Å²) >= 11 is 0. The van der Waals surface area contributed by atoms with Crippen LogP contribution in [0.4, 0.5) is 17.5 Å². The summed E-state index contributed by atoms with van der Waals surface area (Å²) in [7, 11) is 0. The van der Waals surface area contributed by atoms with Crippen molar-refractivity contribution in [1.82, 2.24) is 14.6 Å². The van der Waals surface area contributed by atoms with Crippen LogP contribution in [-0.4, -0.2) is 20.4 Å². The molecule has 0 aliphatic rings. The largest absolute Gasteiger partial charge is 0.439 e. The molecule has 0 unspecified atom stereocenters. The van der Waals surface area contributed by atoms with E-state index in [1.165, 1.54) is 11.6 Å². The fraction of sp³-hybridized carbons (Fsp3) is 0.100. The Morgan fingerprint density at radius 1 is 1.11 bits per heavy atom. The van der Waals surface area contributed by atoms with Crippen LogP contribution in [0.5, 0.6) is 0 Å². The fourth-order valence-corrected chi connectivity index (χ4v) is 2.71. The average molecular weight is 375 g/mol. The predicted molar refractivity (Wildman–Crippen MR) is 106 cm³/mol. The highest BCUT2D eigenvalue weighted by molar-refractivity contribution is 5.94. The number of Topliss-reactive ketones (excluding diaryl/α,β-unsaturated/α-hetero) is 1. The van der Waals surface area contributed by atoms with Crippen molar-refractivity contribution >= 4 is 34.3 Å². The number of benzene rings is 2. The van der Waals surface area contributed by atoms with E-state index in [4.69, 9.17) is 4.42 Å². The first-order valence-electron chi connectivity index (χ1n) is 8.60. The molecule has 0 aliphatic heterocycles. The quantitative estimate of drug-likeness (QED) is 0.515. The molecule has 8 nitrogen and oxygen atoms in total. The molecule has 0 fully saturated rings. The number of para-hydroxylation sites is 2. The van der Waals surface area contributed by atoms with Gasteiger partial charge in [-0.05, 0) is 50.2 Å². The van der Waals surface area contributed by atoms with E-state index in [-0.39, 0.29) is 5.78 Å². The first-order valence-corrected chi connectivity index (χ1v) is 8.60. The Bertz CT molecular complexity index is 1220. The van der Waals surface area contributed by atoms with E-state index in [2.05, 4.69) is 20.7 Å². The van der Waals surface area contributed by atoms with Gasteiger partial charge in [0, 0.05) is 23.0 Å². The molecule has 2 N–H and O–H groups in total. The van der Waals surface area contributed by atoms with Crippen molar-refractivity contribution in [2.24, 2.45) is 0 Å². The summed E-state index contributed by atoms with van der Waals surface area (Å²) in [6.07, 6.45) is 1.65. The van der Waals surface area contributed by atoms with Gasteiger partial charge in [0.25, 0.3) is 0 Å². The van der Waals surface area contributed by atoms with Crippen LogP contribution in [0.15, 0.2) is 63.9 Å². The number of nitrogens with zero attached hydrogens (tertiary/aromatic N) is 3. The van der Waals surface area contributed by atoms with Crippen molar-refractivity contribution in [2.45, 2.75) is 13.8 Å². The van der Waals surface area contributed by atoms with Crippen molar-refractivity contribution in [3.8, 4) is 0 Å². The Morgan fingerprint density at radius 3 is 2.61 bits per heavy atom. The van der Waals surface area contributed by atoms with E-state index < -0.39 is 5.76 Å². The number of carbonyl (C=O) groups excluding carboxylic acids is 1. The lowest BCUT2D eigenvalue weighted by Gasteiger charge is -2.11. The van der Waals surface area contributed by atoms with Gasteiger partial charge in [-0.15, -0.1) is 0 Å². The summed E-state index contributed by atoms with van der Waals surface area (Å²) in [5.41, 5.74) is 6.21. The second-order valence-corrected chi connectivity index (χ2v) is 6.27. The summed E-state index contributed by atoms with van der Waals surface area (Å²) in [5.74, 6) is 0.284. The zero-order valence-electron chi connectivity index (χ0n) is 15.3. The van der Waals surface area contributed by atoms with E-state index in [9.17, 15) is 9.59 Å². The molecule has 0 radical (unpaired) electrons. The summed E-state index contributed by atoms with van der Waals surface area (Å²) in [6.45, 7) is 3.35. The zero-order chi connectivity index (χ0) is 19.7. The van der Waals surface area contributed by atoms with E-state index in [0.717, 1.165) is 11.3 Å². The van der Waals surface area contributed by atoms with Gasteiger partial charge in [-0.25, -0.2) is 9.78 Å². The van der Waals surface area contributed by atoms with Crippen LogP contribution in [0.1, 0.15) is 22.8 Å². The second kappa shape index (κ2) is 6.99. The molecule has 0 amide bonds. The molecule has 2 aromatic heterocycles. The van der Waals surface area contributed by atoms with Crippen LogP contribution in [0.3, 0.4) is 0 Å². The minimum absolute atomic E-state index is 0.00222. The van der Waals surface area contributed by atoms with E-state index >= 15 is 0 Å². The number of rotatable bonds is 5. The highest BCUT2D eigenvalue weighted by atomic mass is 16.4. The van der Waals surface area contributed by atoms with E-state index in [0.29, 0.717) is 28.4 Å². The van der Waals surface area contributed by atoms with Crippen molar-refractivity contribution in [1.29, 1.82) is 0 Å². The second-order valence-electron chi connectivity index (χ2n) is 6.27. The third-order valence-corrected chi connectivity index (χ3v) is 4.22. The minimum Gasteiger partial charge on any atom is -0.406 e. The van der Waals surface area contributed by atoms with Crippen molar-refractivity contribution in [3.05, 3.63) is 76.4 Å². The lowest BCUT2D eigenvalue weighted by atomic mass is 10.1. The van der Waals surface area contributed by atoms with Crippen LogP contribution in [-0.2, 0) is 0 Å². The summed E-state index contributed by atoms with van der Waals surface area (Å²) in [4.78, 5) is 32.3. The molecule has 2 aromatic carbocycles.